The normalized spacial score (nSPS) is 10.1. The number of nitriles is 1. The third-order valence-electron chi connectivity index (χ3n) is 3.96. The predicted molar refractivity (Wildman–Crippen MR) is 105 cm³/mol. The molecule has 28 heavy (non-hydrogen) atoms. The van der Waals surface area contributed by atoms with E-state index >= 15 is 0 Å². The molecule has 0 aliphatic carbocycles. The number of hydrogen-bond donors (Lipinski definition) is 1. The fraction of sp³-hybridized carbons (Fsp3) is 0.136. The van der Waals surface area contributed by atoms with Crippen LogP contribution in [0.5, 0.6) is 5.75 Å². The first-order valence-electron chi connectivity index (χ1n) is 8.67. The number of nitrogens with one attached hydrogen (secondary N) is 1. The maximum atomic E-state index is 11.9. The lowest BCUT2D eigenvalue weighted by Crippen LogP contribution is -2.23. The van der Waals surface area contributed by atoms with Crippen molar-refractivity contribution < 1.29 is 19.1 Å². The highest BCUT2D eigenvalue weighted by atomic mass is 16.6. The molecule has 3 aromatic carbocycles. The third kappa shape index (κ3) is 5.32. The summed E-state index contributed by atoms with van der Waals surface area (Å²) in [5.74, 6) is -0.530. The lowest BCUT2D eigenvalue weighted by Gasteiger charge is -2.09. The molecule has 3 rings (SSSR count). The van der Waals surface area contributed by atoms with Crippen molar-refractivity contribution >= 4 is 28.3 Å². The average molecular weight is 374 g/mol. The second-order valence-corrected chi connectivity index (χ2v) is 6.04. The Kier molecular flexibility index (Phi) is 6.21. The molecule has 0 saturated carbocycles. The molecule has 6 nitrogen and oxygen atoms in total. The van der Waals surface area contributed by atoms with E-state index in [0.717, 1.165) is 16.3 Å². The van der Waals surface area contributed by atoms with Crippen LogP contribution >= 0.6 is 0 Å². The monoisotopic (exact) mass is 374 g/mol. The number of carbonyl (C=O) groups is 2. The Morgan fingerprint density at radius 3 is 2.43 bits per heavy atom. The van der Waals surface area contributed by atoms with Crippen LogP contribution in [-0.4, -0.2) is 25.1 Å². The summed E-state index contributed by atoms with van der Waals surface area (Å²) in [6.45, 7) is -0.686. The van der Waals surface area contributed by atoms with Gasteiger partial charge in [0.2, 0.25) is 0 Å². The summed E-state index contributed by atoms with van der Waals surface area (Å²) in [6.07, 6.45) is 0.309. The van der Waals surface area contributed by atoms with Crippen molar-refractivity contribution in [3.63, 3.8) is 0 Å². The van der Waals surface area contributed by atoms with Crippen molar-refractivity contribution in [1.29, 1.82) is 5.26 Å². The Labute approximate surface area is 162 Å². The van der Waals surface area contributed by atoms with Gasteiger partial charge < -0.3 is 14.8 Å². The molecule has 0 spiro atoms. The van der Waals surface area contributed by atoms with Crippen LogP contribution in [0, 0.1) is 11.3 Å². The molecule has 0 heterocycles. The zero-order chi connectivity index (χ0) is 19.8. The van der Waals surface area contributed by atoms with Crippen molar-refractivity contribution in [2.45, 2.75) is 6.42 Å². The largest absolute Gasteiger partial charge is 0.482 e. The fourth-order valence-corrected chi connectivity index (χ4v) is 2.58. The molecule has 1 N–H and O–H groups in total. The molecule has 0 atom stereocenters. The van der Waals surface area contributed by atoms with E-state index in [4.69, 9.17) is 14.7 Å². The van der Waals surface area contributed by atoms with Gasteiger partial charge in [0.15, 0.2) is 13.2 Å². The molecule has 0 aliphatic rings. The van der Waals surface area contributed by atoms with Gasteiger partial charge in [0.1, 0.15) is 5.75 Å². The molecule has 140 valence electrons. The summed E-state index contributed by atoms with van der Waals surface area (Å²) >= 11 is 0. The minimum Gasteiger partial charge on any atom is -0.482 e. The molecule has 0 bridgehead atoms. The summed E-state index contributed by atoms with van der Waals surface area (Å²) in [6, 6.07) is 22.3. The first kappa shape index (κ1) is 18.9. The van der Waals surface area contributed by atoms with Gasteiger partial charge in [0, 0.05) is 5.69 Å². The topological polar surface area (TPSA) is 88.4 Å². The smallest absolute Gasteiger partial charge is 0.344 e. The second-order valence-electron chi connectivity index (χ2n) is 6.04. The molecule has 6 heteroatoms. The van der Waals surface area contributed by atoms with Crippen LogP contribution < -0.4 is 10.1 Å². The zero-order valence-electron chi connectivity index (χ0n) is 15.1. The van der Waals surface area contributed by atoms with E-state index in [2.05, 4.69) is 11.4 Å². The average Bonchev–Trinajstić information content (AvgIpc) is 2.72. The van der Waals surface area contributed by atoms with Gasteiger partial charge in [-0.1, -0.05) is 42.5 Å². The quantitative estimate of drug-likeness (QED) is 0.640. The number of nitrogens with zero attached hydrogens (tertiary/aromatic N) is 1. The van der Waals surface area contributed by atoms with Gasteiger partial charge in [0.05, 0.1) is 12.5 Å². The van der Waals surface area contributed by atoms with Gasteiger partial charge in [-0.05, 0) is 40.6 Å². The van der Waals surface area contributed by atoms with Crippen LogP contribution in [0.2, 0.25) is 0 Å². The number of esters is 1. The Morgan fingerprint density at radius 2 is 1.68 bits per heavy atom. The van der Waals surface area contributed by atoms with Gasteiger partial charge in [-0.15, -0.1) is 0 Å². The van der Waals surface area contributed by atoms with E-state index in [9.17, 15) is 9.59 Å². The standard InChI is InChI=1S/C22H18N2O4/c23-12-11-16-5-8-19(9-6-16)24-21(25)14-28-22(26)15-27-20-10-7-17-3-1-2-4-18(17)13-20/h1-10,13H,11,14-15H2,(H,24,25). The van der Waals surface area contributed by atoms with E-state index in [1.807, 2.05) is 36.4 Å². The lowest BCUT2D eigenvalue weighted by molar-refractivity contribution is -0.149. The molecule has 0 aliphatic heterocycles. The Hall–Kier alpha value is -3.85. The SMILES string of the molecule is N#CCc1ccc(NC(=O)COC(=O)COc2ccc3ccccc3c2)cc1. The van der Waals surface area contributed by atoms with Crippen molar-refractivity contribution in [3.8, 4) is 11.8 Å². The molecule has 0 saturated heterocycles. The minimum atomic E-state index is -0.632. The zero-order valence-corrected chi connectivity index (χ0v) is 15.1. The number of fused-ring (bicyclic) bond motifs is 1. The van der Waals surface area contributed by atoms with Gasteiger partial charge in [-0.3, -0.25) is 4.79 Å². The van der Waals surface area contributed by atoms with Crippen LogP contribution in [0.3, 0.4) is 0 Å². The minimum absolute atomic E-state index is 0.283. The Balaban J connectivity index is 1.43. The van der Waals surface area contributed by atoms with Crippen molar-refractivity contribution in [2.75, 3.05) is 18.5 Å². The van der Waals surface area contributed by atoms with E-state index in [-0.39, 0.29) is 6.61 Å². The highest BCUT2D eigenvalue weighted by Crippen LogP contribution is 2.20. The number of benzene rings is 3. The highest BCUT2D eigenvalue weighted by molar-refractivity contribution is 5.92. The summed E-state index contributed by atoms with van der Waals surface area (Å²) < 4.78 is 10.4. The summed E-state index contributed by atoms with van der Waals surface area (Å²) in [4.78, 5) is 23.7. The van der Waals surface area contributed by atoms with Crippen LogP contribution in [0.25, 0.3) is 10.8 Å². The predicted octanol–water partition coefficient (Wildman–Crippen LogP) is 3.47. The second kappa shape index (κ2) is 9.19. The van der Waals surface area contributed by atoms with Gasteiger partial charge in [-0.25, -0.2) is 4.79 Å². The van der Waals surface area contributed by atoms with E-state index in [1.165, 1.54) is 0 Å². The fourth-order valence-electron chi connectivity index (χ4n) is 2.58. The Morgan fingerprint density at radius 1 is 0.929 bits per heavy atom. The maximum absolute atomic E-state index is 11.9. The van der Waals surface area contributed by atoms with Crippen LogP contribution in [0.4, 0.5) is 5.69 Å². The van der Waals surface area contributed by atoms with Crippen LogP contribution in [-0.2, 0) is 20.7 Å². The number of anilines is 1. The number of ether oxygens (including phenoxy) is 2. The van der Waals surface area contributed by atoms with E-state index < -0.39 is 18.5 Å². The molecular formula is C22H18N2O4. The van der Waals surface area contributed by atoms with Crippen molar-refractivity contribution in [3.05, 3.63) is 72.3 Å². The van der Waals surface area contributed by atoms with E-state index in [1.54, 1.807) is 30.3 Å². The molecule has 0 unspecified atom stereocenters. The number of hydrogen-bond acceptors (Lipinski definition) is 5. The molecule has 3 aromatic rings. The third-order valence-corrected chi connectivity index (χ3v) is 3.96. The first-order valence-corrected chi connectivity index (χ1v) is 8.67. The highest BCUT2D eigenvalue weighted by Gasteiger charge is 2.09. The molecular weight excluding hydrogens is 356 g/mol. The number of amides is 1. The number of rotatable bonds is 7. The van der Waals surface area contributed by atoms with Gasteiger partial charge in [0.25, 0.3) is 5.91 Å². The van der Waals surface area contributed by atoms with Crippen LogP contribution in [0.1, 0.15) is 5.56 Å². The number of carbonyl (C=O) groups excluding carboxylic acids is 2. The van der Waals surface area contributed by atoms with Gasteiger partial charge in [-0.2, -0.15) is 5.26 Å². The van der Waals surface area contributed by atoms with Crippen LogP contribution in [0.15, 0.2) is 66.7 Å². The van der Waals surface area contributed by atoms with E-state index in [0.29, 0.717) is 17.9 Å². The Bertz CT molecular complexity index is 1020. The molecule has 0 radical (unpaired) electrons. The lowest BCUT2D eigenvalue weighted by atomic mass is 10.1. The van der Waals surface area contributed by atoms with Crippen molar-refractivity contribution in [1.82, 2.24) is 0 Å². The van der Waals surface area contributed by atoms with Crippen molar-refractivity contribution in [2.24, 2.45) is 0 Å². The first-order chi connectivity index (χ1) is 13.6. The van der Waals surface area contributed by atoms with Gasteiger partial charge >= 0.3 is 5.97 Å². The molecule has 0 fully saturated rings. The molecule has 1 amide bonds. The summed E-state index contributed by atoms with van der Waals surface area (Å²) in [5, 5.41) is 13.3. The maximum Gasteiger partial charge on any atom is 0.344 e. The summed E-state index contributed by atoms with van der Waals surface area (Å²) in [7, 11) is 0. The molecule has 0 aromatic heterocycles. The summed E-state index contributed by atoms with van der Waals surface area (Å²) in [5.41, 5.74) is 1.42.